The molecule has 1 N–H and O–H groups in total. The fourth-order valence-electron chi connectivity index (χ4n) is 2.46. The first-order chi connectivity index (χ1) is 9.10. The average Bonchev–Trinajstić information content (AvgIpc) is 2.42. The summed E-state index contributed by atoms with van der Waals surface area (Å²) < 4.78 is 39.3. The number of hydrogen-bond acceptors (Lipinski definition) is 2. The van der Waals surface area contributed by atoms with Gasteiger partial charge in [-0.2, -0.15) is 11.8 Å². The van der Waals surface area contributed by atoms with Gasteiger partial charge in [0.1, 0.15) is 5.82 Å². The standard InChI is InChI=1S/C14H18F3NS/c1-19-11-4-2-10(3-5-11)18-8-9-6-13(16)14(17)7-12(9)15/h6-7,10-11,18H,2-5,8H2,1H3. The van der Waals surface area contributed by atoms with Gasteiger partial charge in [-0.15, -0.1) is 0 Å². The Morgan fingerprint density at radius 2 is 1.68 bits per heavy atom. The highest BCUT2D eigenvalue weighted by atomic mass is 32.2. The fraction of sp³-hybridized carbons (Fsp3) is 0.571. The summed E-state index contributed by atoms with van der Waals surface area (Å²) in [6.07, 6.45) is 6.53. The van der Waals surface area contributed by atoms with Gasteiger partial charge >= 0.3 is 0 Å². The highest BCUT2D eigenvalue weighted by molar-refractivity contribution is 7.99. The molecule has 0 unspecified atom stereocenters. The smallest absolute Gasteiger partial charge is 0.161 e. The number of hydrogen-bond donors (Lipinski definition) is 1. The van der Waals surface area contributed by atoms with Crippen LogP contribution in [0, 0.1) is 17.5 Å². The summed E-state index contributed by atoms with van der Waals surface area (Å²) >= 11 is 1.89. The third kappa shape index (κ3) is 3.89. The van der Waals surface area contributed by atoms with Gasteiger partial charge in [-0.05, 0) is 38.0 Å². The van der Waals surface area contributed by atoms with E-state index < -0.39 is 17.5 Å². The predicted octanol–water partition coefficient (Wildman–Crippen LogP) is 3.87. The van der Waals surface area contributed by atoms with Gasteiger partial charge in [-0.25, -0.2) is 13.2 Å². The molecule has 0 saturated heterocycles. The molecule has 0 aromatic heterocycles. The third-order valence-electron chi connectivity index (χ3n) is 3.68. The van der Waals surface area contributed by atoms with E-state index in [9.17, 15) is 13.2 Å². The molecule has 1 nitrogen and oxygen atoms in total. The van der Waals surface area contributed by atoms with Gasteiger partial charge in [0, 0.05) is 29.5 Å². The Morgan fingerprint density at radius 3 is 2.32 bits per heavy atom. The minimum atomic E-state index is -1.14. The minimum absolute atomic E-state index is 0.186. The van der Waals surface area contributed by atoms with Crippen molar-refractivity contribution < 1.29 is 13.2 Å². The van der Waals surface area contributed by atoms with Gasteiger partial charge in [0.15, 0.2) is 11.6 Å². The molecular weight excluding hydrogens is 271 g/mol. The molecule has 0 amide bonds. The van der Waals surface area contributed by atoms with Crippen LogP contribution in [0.25, 0.3) is 0 Å². The van der Waals surface area contributed by atoms with Crippen molar-refractivity contribution in [3.63, 3.8) is 0 Å². The first kappa shape index (κ1) is 14.7. The van der Waals surface area contributed by atoms with Crippen LogP contribution in [-0.2, 0) is 6.54 Å². The molecule has 1 fully saturated rings. The zero-order valence-corrected chi connectivity index (χ0v) is 11.7. The summed E-state index contributed by atoms with van der Waals surface area (Å²) in [6, 6.07) is 1.89. The van der Waals surface area contributed by atoms with Gasteiger partial charge in [-0.1, -0.05) is 0 Å². The Bertz CT molecular complexity index is 431. The van der Waals surface area contributed by atoms with Gasteiger partial charge in [0.2, 0.25) is 0 Å². The Balaban J connectivity index is 1.88. The van der Waals surface area contributed by atoms with Crippen LogP contribution in [0.15, 0.2) is 12.1 Å². The summed E-state index contributed by atoms with van der Waals surface area (Å²) in [6.45, 7) is 0.248. The summed E-state index contributed by atoms with van der Waals surface area (Å²) in [7, 11) is 0. The Labute approximate surface area is 116 Å². The van der Waals surface area contributed by atoms with E-state index in [1.54, 1.807) is 0 Å². The Kier molecular flexibility index (Phi) is 5.16. The van der Waals surface area contributed by atoms with Crippen LogP contribution in [0.3, 0.4) is 0 Å². The lowest BCUT2D eigenvalue weighted by Crippen LogP contribution is -2.33. The molecule has 1 saturated carbocycles. The van der Waals surface area contributed by atoms with E-state index in [-0.39, 0.29) is 12.1 Å². The first-order valence-corrected chi connectivity index (χ1v) is 7.78. The molecule has 1 aliphatic carbocycles. The molecule has 0 aliphatic heterocycles. The number of nitrogens with one attached hydrogen (secondary N) is 1. The van der Waals surface area contributed by atoms with Crippen LogP contribution >= 0.6 is 11.8 Å². The van der Waals surface area contributed by atoms with E-state index >= 15 is 0 Å². The first-order valence-electron chi connectivity index (χ1n) is 6.49. The quantitative estimate of drug-likeness (QED) is 0.845. The largest absolute Gasteiger partial charge is 0.310 e. The van der Waals surface area contributed by atoms with Crippen LogP contribution < -0.4 is 5.32 Å². The molecule has 0 bridgehead atoms. The predicted molar refractivity (Wildman–Crippen MR) is 72.7 cm³/mol. The molecule has 0 radical (unpaired) electrons. The number of halogens is 3. The maximum atomic E-state index is 13.5. The van der Waals surface area contributed by atoms with Crippen molar-refractivity contribution in [3.05, 3.63) is 35.1 Å². The van der Waals surface area contributed by atoms with Gasteiger partial charge < -0.3 is 5.32 Å². The number of benzene rings is 1. The topological polar surface area (TPSA) is 12.0 Å². The molecule has 0 spiro atoms. The number of thioether (sulfide) groups is 1. The third-order valence-corrected chi connectivity index (χ3v) is 4.82. The van der Waals surface area contributed by atoms with Gasteiger partial charge in [0.25, 0.3) is 0 Å². The fourth-order valence-corrected chi connectivity index (χ4v) is 3.20. The lowest BCUT2D eigenvalue weighted by Gasteiger charge is -2.28. The SMILES string of the molecule is CSC1CCC(NCc2cc(F)c(F)cc2F)CC1. The van der Waals surface area contributed by atoms with E-state index in [0.717, 1.165) is 37.0 Å². The zero-order valence-electron chi connectivity index (χ0n) is 10.9. The molecule has 0 heterocycles. The van der Waals surface area contributed by atoms with Crippen molar-refractivity contribution in [2.75, 3.05) is 6.26 Å². The van der Waals surface area contributed by atoms with Crippen LogP contribution in [-0.4, -0.2) is 17.5 Å². The van der Waals surface area contributed by atoms with E-state index in [1.165, 1.54) is 0 Å². The molecule has 106 valence electrons. The van der Waals surface area contributed by atoms with Gasteiger partial charge in [0.05, 0.1) is 0 Å². The molecule has 1 aliphatic rings. The summed E-state index contributed by atoms with van der Waals surface area (Å²) in [5.74, 6) is -2.82. The molecule has 5 heteroatoms. The molecule has 2 rings (SSSR count). The second-order valence-corrected chi connectivity index (χ2v) is 6.09. The highest BCUT2D eigenvalue weighted by Crippen LogP contribution is 2.27. The van der Waals surface area contributed by atoms with Crippen LogP contribution in [0.5, 0.6) is 0 Å². The second-order valence-electron chi connectivity index (χ2n) is 4.95. The minimum Gasteiger partial charge on any atom is -0.310 e. The Morgan fingerprint density at radius 1 is 1.05 bits per heavy atom. The van der Waals surface area contributed by atoms with Gasteiger partial charge in [-0.3, -0.25) is 0 Å². The van der Waals surface area contributed by atoms with Crippen molar-refractivity contribution in [2.45, 2.75) is 43.5 Å². The summed E-state index contributed by atoms with van der Waals surface area (Å²) in [5, 5.41) is 3.95. The Hall–Kier alpha value is -0.680. The molecule has 19 heavy (non-hydrogen) atoms. The second kappa shape index (κ2) is 6.66. The van der Waals surface area contributed by atoms with Crippen molar-refractivity contribution in [1.29, 1.82) is 0 Å². The maximum absolute atomic E-state index is 13.5. The van der Waals surface area contributed by atoms with E-state index in [2.05, 4.69) is 11.6 Å². The highest BCUT2D eigenvalue weighted by Gasteiger charge is 2.20. The van der Waals surface area contributed by atoms with E-state index in [1.807, 2.05) is 11.8 Å². The molecule has 1 aromatic carbocycles. The van der Waals surface area contributed by atoms with Crippen LogP contribution in [0.2, 0.25) is 0 Å². The van der Waals surface area contributed by atoms with E-state index in [4.69, 9.17) is 0 Å². The van der Waals surface area contributed by atoms with Crippen molar-refractivity contribution in [2.24, 2.45) is 0 Å². The lowest BCUT2D eigenvalue weighted by molar-refractivity contribution is 0.375. The zero-order chi connectivity index (χ0) is 13.8. The summed E-state index contributed by atoms with van der Waals surface area (Å²) in [4.78, 5) is 0. The molecular formula is C14H18F3NS. The normalized spacial score (nSPS) is 23.6. The van der Waals surface area contributed by atoms with Crippen LogP contribution in [0.1, 0.15) is 31.2 Å². The number of rotatable bonds is 4. The van der Waals surface area contributed by atoms with Crippen molar-refractivity contribution in [1.82, 2.24) is 5.32 Å². The monoisotopic (exact) mass is 289 g/mol. The van der Waals surface area contributed by atoms with Crippen LogP contribution in [0.4, 0.5) is 13.2 Å². The van der Waals surface area contributed by atoms with Crippen molar-refractivity contribution >= 4 is 11.8 Å². The molecule has 1 aromatic rings. The van der Waals surface area contributed by atoms with Crippen molar-refractivity contribution in [3.8, 4) is 0 Å². The maximum Gasteiger partial charge on any atom is 0.161 e. The summed E-state index contributed by atoms with van der Waals surface area (Å²) in [5.41, 5.74) is 0.186. The molecule has 0 atom stereocenters. The van der Waals surface area contributed by atoms with E-state index in [0.29, 0.717) is 12.1 Å². The lowest BCUT2D eigenvalue weighted by atomic mass is 9.95. The average molecular weight is 289 g/mol.